The number of fused-ring (bicyclic) bond motifs is 1. The van der Waals surface area contributed by atoms with E-state index in [1.807, 2.05) is 66.8 Å². The zero-order valence-electron chi connectivity index (χ0n) is 19.2. The van der Waals surface area contributed by atoms with Crippen molar-refractivity contribution < 1.29 is 27.9 Å². The fourth-order valence-corrected chi connectivity index (χ4v) is 3.82. The molecule has 1 fully saturated rings. The maximum Gasteiger partial charge on any atom is 0.490 e. The summed E-state index contributed by atoms with van der Waals surface area (Å²) in [6.45, 7) is 0.630. The van der Waals surface area contributed by atoms with Crippen LogP contribution >= 0.6 is 0 Å². The van der Waals surface area contributed by atoms with E-state index in [2.05, 4.69) is 32.6 Å². The van der Waals surface area contributed by atoms with Crippen molar-refractivity contribution in [1.29, 1.82) is 0 Å². The van der Waals surface area contributed by atoms with E-state index in [1.54, 1.807) is 12.4 Å². The molecule has 3 heterocycles. The van der Waals surface area contributed by atoms with Crippen LogP contribution in [0, 0.1) is 0 Å². The fraction of sp³-hybridized carbons (Fsp3) is 0.111. The van der Waals surface area contributed by atoms with Gasteiger partial charge in [-0.2, -0.15) is 18.3 Å². The highest BCUT2D eigenvalue weighted by molar-refractivity contribution is 6.02. The molecule has 1 aliphatic rings. The molecule has 2 aromatic heterocycles. The van der Waals surface area contributed by atoms with E-state index in [4.69, 9.17) is 9.90 Å². The number of alkyl halides is 3. The van der Waals surface area contributed by atoms with Crippen LogP contribution in [0.5, 0.6) is 0 Å². The van der Waals surface area contributed by atoms with Crippen molar-refractivity contribution in [3.05, 3.63) is 101 Å². The van der Waals surface area contributed by atoms with Crippen LogP contribution in [0.2, 0.25) is 0 Å². The van der Waals surface area contributed by atoms with Gasteiger partial charge in [-0.05, 0) is 53.1 Å². The van der Waals surface area contributed by atoms with E-state index in [-0.39, 0.29) is 11.8 Å². The molecule has 0 radical (unpaired) electrons. The smallest absolute Gasteiger partial charge is 0.475 e. The summed E-state index contributed by atoms with van der Waals surface area (Å²) in [6, 6.07) is 20.1. The third kappa shape index (κ3) is 6.29. The standard InChI is InChI=1S/C25H20N4O.C2HF3O2/c30-25-21(22(16-27-25)19-4-2-1-3-5-19)14-18-6-8-20-23(28-29-24(20)15-18)9-7-17-10-12-26-13-11-17;3-2(4,5)1(6)7/h1-15,22H,16H2,(H,27,30)(H,28,29);(H,6,7)/b9-7+,21-14+;. The van der Waals surface area contributed by atoms with Crippen LogP contribution in [0.15, 0.2) is 78.6 Å². The topological polar surface area (TPSA) is 108 Å². The summed E-state index contributed by atoms with van der Waals surface area (Å²) in [5, 5.41) is 18.7. The number of carboxylic acids is 1. The molecule has 0 spiro atoms. The lowest BCUT2D eigenvalue weighted by atomic mass is 9.92. The number of H-pyrrole nitrogens is 1. The molecule has 0 saturated carbocycles. The normalized spacial score (nSPS) is 16.6. The minimum absolute atomic E-state index is 0.00506. The number of rotatable bonds is 4. The summed E-state index contributed by atoms with van der Waals surface area (Å²) >= 11 is 0. The largest absolute Gasteiger partial charge is 0.490 e. The molecular weight excluding hydrogens is 485 g/mol. The van der Waals surface area contributed by atoms with Crippen LogP contribution < -0.4 is 5.32 Å². The predicted molar refractivity (Wildman–Crippen MR) is 133 cm³/mol. The monoisotopic (exact) mass is 506 g/mol. The molecule has 10 heteroatoms. The van der Waals surface area contributed by atoms with Gasteiger partial charge in [0.05, 0.1) is 11.2 Å². The lowest BCUT2D eigenvalue weighted by molar-refractivity contribution is -0.192. The fourth-order valence-electron chi connectivity index (χ4n) is 3.82. The van der Waals surface area contributed by atoms with E-state index < -0.39 is 12.1 Å². The van der Waals surface area contributed by atoms with Crippen molar-refractivity contribution in [2.24, 2.45) is 0 Å². The van der Waals surface area contributed by atoms with Gasteiger partial charge in [-0.3, -0.25) is 14.9 Å². The molecule has 188 valence electrons. The molecule has 37 heavy (non-hydrogen) atoms. The average Bonchev–Trinajstić information content (AvgIpc) is 3.46. The van der Waals surface area contributed by atoms with Crippen LogP contribution in [-0.2, 0) is 9.59 Å². The number of aromatic amines is 1. The average molecular weight is 506 g/mol. The minimum Gasteiger partial charge on any atom is -0.475 e. The molecule has 5 rings (SSSR count). The summed E-state index contributed by atoms with van der Waals surface area (Å²) in [5.41, 5.74) is 5.80. The second-order valence-electron chi connectivity index (χ2n) is 8.10. The van der Waals surface area contributed by atoms with Crippen molar-refractivity contribution in [2.45, 2.75) is 12.1 Å². The lowest BCUT2D eigenvalue weighted by Crippen LogP contribution is -2.21. The van der Waals surface area contributed by atoms with Gasteiger partial charge in [-0.25, -0.2) is 4.79 Å². The number of hydrogen-bond donors (Lipinski definition) is 3. The highest BCUT2D eigenvalue weighted by Crippen LogP contribution is 2.30. The number of amides is 1. The predicted octanol–water partition coefficient (Wildman–Crippen LogP) is 5.06. The Labute approximate surface area is 209 Å². The molecule has 0 bridgehead atoms. The Hall–Kier alpha value is -4.73. The van der Waals surface area contributed by atoms with Crippen LogP contribution in [0.4, 0.5) is 13.2 Å². The van der Waals surface area contributed by atoms with E-state index in [0.717, 1.165) is 38.9 Å². The first-order chi connectivity index (χ1) is 17.7. The number of carboxylic acid groups (broad SMARTS) is 1. The first kappa shape index (κ1) is 25.4. The van der Waals surface area contributed by atoms with Gasteiger partial charge in [-0.1, -0.05) is 42.5 Å². The van der Waals surface area contributed by atoms with Gasteiger partial charge >= 0.3 is 12.1 Å². The summed E-state index contributed by atoms with van der Waals surface area (Å²) in [7, 11) is 0. The maximum absolute atomic E-state index is 12.4. The first-order valence-electron chi connectivity index (χ1n) is 11.1. The van der Waals surface area contributed by atoms with E-state index in [1.165, 1.54) is 0 Å². The molecule has 3 N–H and O–H groups in total. The Morgan fingerprint density at radius 1 is 1.00 bits per heavy atom. The highest BCUT2D eigenvalue weighted by Gasteiger charge is 2.38. The Kier molecular flexibility index (Phi) is 7.47. The number of pyridine rings is 1. The summed E-state index contributed by atoms with van der Waals surface area (Å²) in [4.78, 5) is 25.4. The molecule has 0 aliphatic carbocycles. The molecule has 1 amide bonds. The molecule has 2 aromatic carbocycles. The first-order valence-corrected chi connectivity index (χ1v) is 11.1. The number of carbonyl (C=O) groups is 2. The zero-order chi connectivity index (χ0) is 26.4. The number of carbonyl (C=O) groups excluding carboxylic acids is 1. The van der Waals surface area contributed by atoms with Gasteiger partial charge < -0.3 is 10.4 Å². The van der Waals surface area contributed by atoms with Gasteiger partial charge in [0.2, 0.25) is 5.91 Å². The Morgan fingerprint density at radius 3 is 2.38 bits per heavy atom. The minimum atomic E-state index is -5.08. The number of benzene rings is 2. The lowest BCUT2D eigenvalue weighted by Gasteiger charge is -2.10. The number of nitrogens with zero attached hydrogens (tertiary/aromatic N) is 2. The molecular formula is C27H21F3N4O3. The number of nitrogens with one attached hydrogen (secondary N) is 2. The summed E-state index contributed by atoms with van der Waals surface area (Å²) in [6.07, 6.45) is 4.43. The molecule has 1 atom stereocenters. The van der Waals surface area contributed by atoms with E-state index in [0.29, 0.717) is 6.54 Å². The summed E-state index contributed by atoms with van der Waals surface area (Å²) in [5.74, 6) is -2.70. The molecule has 4 aromatic rings. The van der Waals surface area contributed by atoms with Crippen molar-refractivity contribution in [3.8, 4) is 0 Å². The van der Waals surface area contributed by atoms with Crippen LogP contribution in [0.3, 0.4) is 0 Å². The Balaban J connectivity index is 0.000000405. The van der Waals surface area contributed by atoms with Crippen molar-refractivity contribution in [2.75, 3.05) is 6.54 Å². The van der Waals surface area contributed by atoms with Crippen LogP contribution in [0.25, 0.3) is 29.1 Å². The van der Waals surface area contributed by atoms with Gasteiger partial charge in [0.1, 0.15) is 0 Å². The number of hydrogen-bond acceptors (Lipinski definition) is 4. The van der Waals surface area contributed by atoms with Gasteiger partial charge in [0.15, 0.2) is 0 Å². The highest BCUT2D eigenvalue weighted by atomic mass is 19.4. The van der Waals surface area contributed by atoms with E-state index >= 15 is 0 Å². The number of halogens is 3. The quantitative estimate of drug-likeness (QED) is 0.336. The molecule has 7 nitrogen and oxygen atoms in total. The summed E-state index contributed by atoms with van der Waals surface area (Å²) < 4.78 is 31.7. The Morgan fingerprint density at radius 2 is 1.70 bits per heavy atom. The van der Waals surface area contributed by atoms with Crippen LogP contribution in [-0.4, -0.2) is 44.9 Å². The second kappa shape index (κ2) is 10.9. The number of aliphatic carboxylic acids is 1. The zero-order valence-corrected chi connectivity index (χ0v) is 19.2. The van der Waals surface area contributed by atoms with Crippen molar-refractivity contribution in [1.82, 2.24) is 20.5 Å². The molecule has 1 unspecified atom stereocenters. The Bertz CT molecular complexity index is 1460. The van der Waals surface area contributed by atoms with Crippen molar-refractivity contribution in [3.63, 3.8) is 0 Å². The third-order valence-corrected chi connectivity index (χ3v) is 5.63. The second-order valence-corrected chi connectivity index (χ2v) is 8.10. The number of aromatic nitrogens is 3. The van der Waals surface area contributed by atoms with Gasteiger partial charge in [0.25, 0.3) is 0 Å². The third-order valence-electron chi connectivity index (χ3n) is 5.63. The molecule has 1 saturated heterocycles. The molecule has 1 aliphatic heterocycles. The van der Waals surface area contributed by atoms with Crippen LogP contribution in [0.1, 0.15) is 28.3 Å². The van der Waals surface area contributed by atoms with Gasteiger partial charge in [0, 0.05) is 35.8 Å². The van der Waals surface area contributed by atoms with Gasteiger partial charge in [-0.15, -0.1) is 0 Å². The SMILES string of the molecule is O=C(O)C(F)(F)F.O=C1NCC(c2ccccc2)/C1=C\c1ccc2c(/C=C/c3ccncc3)n[nH]c2c1. The van der Waals surface area contributed by atoms with Crippen molar-refractivity contribution >= 4 is 41.0 Å². The van der Waals surface area contributed by atoms with E-state index in [9.17, 15) is 18.0 Å². The maximum atomic E-state index is 12.4.